The van der Waals surface area contributed by atoms with Crippen LogP contribution in [0.4, 0.5) is 5.95 Å². The topological polar surface area (TPSA) is 69.0 Å². The third-order valence-electron chi connectivity index (χ3n) is 4.20. The Bertz CT molecular complexity index is 960. The average molecular weight is 320 g/mol. The third kappa shape index (κ3) is 2.07. The first-order valence-corrected chi connectivity index (χ1v) is 7.64. The third-order valence-corrected chi connectivity index (χ3v) is 4.20. The summed E-state index contributed by atoms with van der Waals surface area (Å²) >= 11 is 0. The van der Waals surface area contributed by atoms with Crippen molar-refractivity contribution in [3.63, 3.8) is 0 Å². The average Bonchev–Trinajstić information content (AvgIpc) is 2.98. The summed E-state index contributed by atoms with van der Waals surface area (Å²) in [5, 5.41) is 3.22. The lowest BCUT2D eigenvalue weighted by molar-refractivity contribution is -0.136. The van der Waals surface area contributed by atoms with Crippen LogP contribution in [0.5, 0.6) is 0 Å². The van der Waals surface area contributed by atoms with Gasteiger partial charge in [-0.1, -0.05) is 18.2 Å². The molecule has 120 valence electrons. The number of allylic oxidation sites excluding steroid dienone is 1. The number of nitrogens with zero attached hydrogens (tertiary/aromatic N) is 3. The first kappa shape index (κ1) is 14.4. The van der Waals surface area contributed by atoms with E-state index in [1.807, 2.05) is 54.0 Å². The Labute approximate surface area is 138 Å². The number of hydrogen-bond acceptors (Lipinski definition) is 5. The molecule has 3 aromatic rings. The van der Waals surface area contributed by atoms with Gasteiger partial charge in [0.15, 0.2) is 0 Å². The fourth-order valence-corrected chi connectivity index (χ4v) is 3.16. The minimum absolute atomic E-state index is 0.376. The molecular weight excluding hydrogens is 304 g/mol. The predicted molar refractivity (Wildman–Crippen MR) is 90.4 cm³/mol. The van der Waals surface area contributed by atoms with Crippen molar-refractivity contribution in [2.75, 3.05) is 12.4 Å². The van der Waals surface area contributed by atoms with Gasteiger partial charge in [-0.15, -0.1) is 0 Å². The Morgan fingerprint density at radius 2 is 2.00 bits per heavy atom. The van der Waals surface area contributed by atoms with E-state index >= 15 is 0 Å². The lowest BCUT2D eigenvalue weighted by Crippen LogP contribution is -2.29. The molecule has 1 aromatic carbocycles. The van der Waals surface area contributed by atoms with E-state index in [9.17, 15) is 4.79 Å². The number of fused-ring (bicyclic) bond motifs is 3. The van der Waals surface area contributed by atoms with Gasteiger partial charge >= 0.3 is 5.97 Å². The lowest BCUT2D eigenvalue weighted by atomic mass is 9.99. The number of hydrogen-bond donors (Lipinski definition) is 1. The number of imidazole rings is 1. The maximum Gasteiger partial charge on any atom is 0.338 e. The van der Waals surface area contributed by atoms with Crippen molar-refractivity contribution in [2.24, 2.45) is 0 Å². The number of methoxy groups -OCH3 is 1. The number of nitrogens with one attached hydrogen (secondary N) is 1. The highest BCUT2D eigenvalue weighted by Crippen LogP contribution is 2.38. The van der Waals surface area contributed by atoms with Crippen LogP contribution in [0, 0.1) is 0 Å². The summed E-state index contributed by atoms with van der Waals surface area (Å²) in [6.45, 7) is 1.85. The van der Waals surface area contributed by atoms with E-state index in [0.29, 0.717) is 11.5 Å². The Hall–Kier alpha value is -3.15. The summed E-state index contributed by atoms with van der Waals surface area (Å²) in [5.41, 5.74) is 3.82. The molecule has 1 aliphatic rings. The van der Waals surface area contributed by atoms with Gasteiger partial charge in [-0.25, -0.2) is 9.78 Å². The molecule has 6 heteroatoms. The van der Waals surface area contributed by atoms with E-state index in [0.717, 1.165) is 22.4 Å². The van der Waals surface area contributed by atoms with Crippen LogP contribution in [-0.4, -0.2) is 27.6 Å². The Balaban J connectivity index is 2.02. The maximum atomic E-state index is 12.4. The maximum absolute atomic E-state index is 12.4. The summed E-state index contributed by atoms with van der Waals surface area (Å²) in [7, 11) is 1.39. The van der Waals surface area contributed by atoms with Crippen LogP contribution in [0.3, 0.4) is 0 Å². The molecule has 0 saturated carbocycles. The lowest BCUT2D eigenvalue weighted by Gasteiger charge is -2.29. The van der Waals surface area contributed by atoms with E-state index in [4.69, 9.17) is 4.74 Å². The SMILES string of the molecule is COC(=O)C1=C(C)Nc2nc3ccccc3n2C1c1ccccn1. The molecule has 0 amide bonds. The second kappa shape index (κ2) is 5.49. The Morgan fingerprint density at radius 3 is 2.75 bits per heavy atom. The molecule has 4 rings (SSSR count). The van der Waals surface area contributed by atoms with Crippen molar-refractivity contribution in [3.8, 4) is 0 Å². The summed E-state index contributed by atoms with van der Waals surface area (Å²) < 4.78 is 7.01. The second-order valence-corrected chi connectivity index (χ2v) is 5.61. The molecule has 24 heavy (non-hydrogen) atoms. The van der Waals surface area contributed by atoms with Crippen LogP contribution < -0.4 is 5.32 Å². The van der Waals surface area contributed by atoms with Gasteiger partial charge < -0.3 is 10.1 Å². The van der Waals surface area contributed by atoms with Crippen LogP contribution in [-0.2, 0) is 9.53 Å². The number of ether oxygens (including phenoxy) is 1. The van der Waals surface area contributed by atoms with Gasteiger partial charge in [0.1, 0.15) is 6.04 Å². The van der Waals surface area contributed by atoms with E-state index in [-0.39, 0.29) is 12.0 Å². The molecule has 6 nitrogen and oxygen atoms in total. The molecular formula is C18H16N4O2. The van der Waals surface area contributed by atoms with E-state index in [2.05, 4.69) is 15.3 Å². The number of para-hydroxylation sites is 2. The Kier molecular flexibility index (Phi) is 3.30. The van der Waals surface area contributed by atoms with Crippen LogP contribution in [0.15, 0.2) is 59.9 Å². The molecule has 0 bridgehead atoms. The quantitative estimate of drug-likeness (QED) is 0.735. The number of benzene rings is 1. The van der Waals surface area contributed by atoms with Crippen LogP contribution in [0.25, 0.3) is 11.0 Å². The molecule has 0 radical (unpaired) electrons. The highest BCUT2D eigenvalue weighted by atomic mass is 16.5. The highest BCUT2D eigenvalue weighted by molar-refractivity contribution is 5.93. The molecule has 2 aromatic heterocycles. The van der Waals surface area contributed by atoms with Gasteiger partial charge in [-0.05, 0) is 31.2 Å². The summed E-state index contributed by atoms with van der Waals surface area (Å²) in [6.07, 6.45) is 1.72. The molecule has 1 N–H and O–H groups in total. The smallest absolute Gasteiger partial charge is 0.338 e. The molecule has 0 saturated heterocycles. The van der Waals surface area contributed by atoms with Crippen molar-refractivity contribution in [1.29, 1.82) is 0 Å². The zero-order chi connectivity index (χ0) is 16.7. The molecule has 0 spiro atoms. The minimum Gasteiger partial charge on any atom is -0.466 e. The van der Waals surface area contributed by atoms with E-state index < -0.39 is 0 Å². The van der Waals surface area contributed by atoms with Crippen molar-refractivity contribution < 1.29 is 9.53 Å². The fourth-order valence-electron chi connectivity index (χ4n) is 3.16. The van der Waals surface area contributed by atoms with Crippen molar-refractivity contribution in [3.05, 3.63) is 65.6 Å². The molecule has 1 unspecified atom stereocenters. The highest BCUT2D eigenvalue weighted by Gasteiger charge is 2.35. The van der Waals surface area contributed by atoms with E-state index in [1.165, 1.54) is 7.11 Å². The summed E-state index contributed by atoms with van der Waals surface area (Å²) in [4.78, 5) is 21.6. The molecule has 0 fully saturated rings. The fraction of sp³-hybridized carbons (Fsp3) is 0.167. The Morgan fingerprint density at radius 1 is 1.21 bits per heavy atom. The zero-order valence-corrected chi connectivity index (χ0v) is 13.4. The normalized spacial score (nSPS) is 16.7. The van der Waals surface area contributed by atoms with Crippen molar-refractivity contribution >= 4 is 23.0 Å². The minimum atomic E-state index is -0.387. The summed E-state index contributed by atoms with van der Waals surface area (Å²) in [6, 6.07) is 13.1. The number of anilines is 1. The standard InChI is InChI=1S/C18H16N4O2/c1-11-15(17(23)24-2)16(13-8-5-6-10-19-13)22-14-9-4-3-7-12(14)21-18(22)20-11/h3-10,16H,1-2H3,(H,20,21). The van der Waals surface area contributed by atoms with Crippen LogP contribution in [0.1, 0.15) is 18.7 Å². The molecule has 1 atom stereocenters. The van der Waals surface area contributed by atoms with Gasteiger partial charge in [0.25, 0.3) is 0 Å². The van der Waals surface area contributed by atoms with Gasteiger partial charge in [0.2, 0.25) is 5.95 Å². The number of carbonyl (C=O) groups is 1. The molecule has 3 heterocycles. The van der Waals surface area contributed by atoms with Crippen molar-refractivity contribution in [2.45, 2.75) is 13.0 Å². The van der Waals surface area contributed by atoms with Gasteiger partial charge in [-0.3, -0.25) is 9.55 Å². The number of aromatic nitrogens is 3. The first-order chi connectivity index (χ1) is 11.7. The number of esters is 1. The molecule has 0 aliphatic carbocycles. The van der Waals surface area contributed by atoms with E-state index in [1.54, 1.807) is 6.20 Å². The monoisotopic (exact) mass is 320 g/mol. The number of carbonyl (C=O) groups excluding carboxylic acids is 1. The largest absolute Gasteiger partial charge is 0.466 e. The predicted octanol–water partition coefficient (Wildman–Crippen LogP) is 2.89. The van der Waals surface area contributed by atoms with Gasteiger partial charge in [-0.2, -0.15) is 0 Å². The first-order valence-electron chi connectivity index (χ1n) is 7.64. The van der Waals surface area contributed by atoms with Gasteiger partial charge in [0.05, 0.1) is 29.4 Å². The molecule has 1 aliphatic heterocycles. The van der Waals surface area contributed by atoms with Crippen LogP contribution in [0.2, 0.25) is 0 Å². The van der Waals surface area contributed by atoms with Crippen molar-refractivity contribution in [1.82, 2.24) is 14.5 Å². The summed E-state index contributed by atoms with van der Waals surface area (Å²) in [5.74, 6) is 0.316. The number of rotatable bonds is 2. The zero-order valence-electron chi connectivity index (χ0n) is 13.4. The second-order valence-electron chi connectivity index (χ2n) is 5.61. The van der Waals surface area contributed by atoms with Gasteiger partial charge in [0, 0.05) is 11.9 Å². The number of pyridine rings is 1. The van der Waals surface area contributed by atoms with Crippen LogP contribution >= 0.6 is 0 Å².